The van der Waals surface area contributed by atoms with Gasteiger partial charge in [-0.15, -0.1) is 0 Å². The third-order valence-electron chi connectivity index (χ3n) is 3.24. The van der Waals surface area contributed by atoms with Crippen LogP contribution in [-0.4, -0.2) is 61.5 Å². The fourth-order valence-electron chi connectivity index (χ4n) is 2.24. The first-order chi connectivity index (χ1) is 10.2. The molecule has 2 rings (SSSR count). The number of carbonyl (C=O) groups excluding carboxylic acids is 1. The van der Waals surface area contributed by atoms with E-state index in [0.717, 1.165) is 11.4 Å². The van der Waals surface area contributed by atoms with Gasteiger partial charge in [-0.3, -0.25) is 9.69 Å². The van der Waals surface area contributed by atoms with Crippen LogP contribution in [0.1, 0.15) is 6.92 Å². The van der Waals surface area contributed by atoms with Crippen LogP contribution in [0.2, 0.25) is 0 Å². The molecule has 1 amide bonds. The minimum Gasteiger partial charge on any atom is -0.494 e. The molecule has 0 aliphatic carbocycles. The van der Waals surface area contributed by atoms with Crippen molar-refractivity contribution in [2.45, 2.75) is 13.0 Å². The van der Waals surface area contributed by atoms with Gasteiger partial charge in [0, 0.05) is 18.8 Å². The second-order valence-electron chi connectivity index (χ2n) is 4.92. The number of nitrogens with zero attached hydrogens (tertiary/aromatic N) is 1. The van der Waals surface area contributed by atoms with E-state index < -0.39 is 0 Å². The maximum absolute atomic E-state index is 12.0. The van der Waals surface area contributed by atoms with E-state index in [2.05, 4.69) is 5.32 Å². The first kappa shape index (κ1) is 15.8. The van der Waals surface area contributed by atoms with Gasteiger partial charge in [0.05, 0.1) is 32.5 Å². The maximum atomic E-state index is 12.0. The molecule has 0 spiro atoms. The molecular weight excluding hydrogens is 272 g/mol. The Morgan fingerprint density at radius 2 is 2.24 bits per heavy atom. The van der Waals surface area contributed by atoms with Gasteiger partial charge in [0.15, 0.2) is 0 Å². The lowest BCUT2D eigenvalue weighted by Gasteiger charge is -2.31. The van der Waals surface area contributed by atoms with Crippen LogP contribution in [0, 0.1) is 0 Å². The summed E-state index contributed by atoms with van der Waals surface area (Å²) in [6, 6.07) is 7.29. The predicted octanol–water partition coefficient (Wildman–Crippen LogP) is 0.717. The van der Waals surface area contributed by atoms with Crippen LogP contribution in [0.25, 0.3) is 0 Å². The summed E-state index contributed by atoms with van der Waals surface area (Å²) in [6.07, 6.45) is -0.197. The normalized spacial score (nSPS) is 19.2. The summed E-state index contributed by atoms with van der Waals surface area (Å²) < 4.78 is 10.7. The summed E-state index contributed by atoms with van der Waals surface area (Å²) in [4.78, 5) is 14.0. The number of morpholine rings is 1. The molecule has 1 aliphatic rings. The Kier molecular flexibility index (Phi) is 5.98. The third-order valence-corrected chi connectivity index (χ3v) is 3.24. The summed E-state index contributed by atoms with van der Waals surface area (Å²) >= 11 is 0. The number of benzene rings is 1. The minimum atomic E-state index is -0.197. The molecular formula is C15H22N2O4. The van der Waals surface area contributed by atoms with Gasteiger partial charge < -0.3 is 19.9 Å². The van der Waals surface area contributed by atoms with Crippen molar-refractivity contribution in [3.05, 3.63) is 24.3 Å². The van der Waals surface area contributed by atoms with Crippen LogP contribution in [0.15, 0.2) is 24.3 Å². The van der Waals surface area contributed by atoms with Crippen molar-refractivity contribution in [3.63, 3.8) is 0 Å². The Hall–Kier alpha value is -1.63. The highest BCUT2D eigenvalue weighted by Gasteiger charge is 2.21. The number of ether oxygens (including phenoxy) is 2. The standard InChI is InChI=1S/C15H22N2O4/c1-2-20-13-5-3-12(4-6-13)16-15(19)10-17-7-8-21-14(9-17)11-18/h3-6,14,18H,2,7-11H2,1H3,(H,16,19). The number of aliphatic hydroxyl groups excluding tert-OH is 1. The number of rotatable bonds is 6. The van der Waals surface area contributed by atoms with E-state index in [4.69, 9.17) is 14.6 Å². The summed E-state index contributed by atoms with van der Waals surface area (Å²) in [6.45, 7) is 4.65. The van der Waals surface area contributed by atoms with Crippen LogP contribution in [0.5, 0.6) is 5.75 Å². The van der Waals surface area contributed by atoms with E-state index in [1.807, 2.05) is 36.1 Å². The summed E-state index contributed by atoms with van der Waals surface area (Å²) in [5.41, 5.74) is 0.746. The van der Waals surface area contributed by atoms with E-state index in [0.29, 0.717) is 32.8 Å². The van der Waals surface area contributed by atoms with Gasteiger partial charge in [0.25, 0.3) is 0 Å². The Morgan fingerprint density at radius 1 is 1.48 bits per heavy atom. The van der Waals surface area contributed by atoms with Crippen LogP contribution in [0.3, 0.4) is 0 Å². The molecule has 1 atom stereocenters. The Balaban J connectivity index is 1.81. The fourth-order valence-corrected chi connectivity index (χ4v) is 2.24. The largest absolute Gasteiger partial charge is 0.494 e. The molecule has 1 aromatic carbocycles. The van der Waals surface area contributed by atoms with E-state index in [9.17, 15) is 4.79 Å². The number of aliphatic hydroxyl groups is 1. The number of nitrogens with one attached hydrogen (secondary N) is 1. The zero-order valence-electron chi connectivity index (χ0n) is 12.2. The molecule has 0 saturated carbocycles. The number of amides is 1. The van der Waals surface area contributed by atoms with Crippen LogP contribution in [-0.2, 0) is 9.53 Å². The van der Waals surface area contributed by atoms with Gasteiger partial charge in [-0.2, -0.15) is 0 Å². The fraction of sp³-hybridized carbons (Fsp3) is 0.533. The molecule has 1 aromatic rings. The van der Waals surface area contributed by atoms with Crippen LogP contribution >= 0.6 is 0 Å². The zero-order chi connectivity index (χ0) is 15.1. The first-order valence-electron chi connectivity index (χ1n) is 7.18. The van der Waals surface area contributed by atoms with E-state index in [1.165, 1.54) is 0 Å². The quantitative estimate of drug-likeness (QED) is 0.809. The average molecular weight is 294 g/mol. The van der Waals surface area contributed by atoms with Crippen molar-refractivity contribution in [1.29, 1.82) is 0 Å². The van der Waals surface area contributed by atoms with Crippen LogP contribution in [0.4, 0.5) is 5.69 Å². The Morgan fingerprint density at radius 3 is 2.90 bits per heavy atom. The number of hydrogen-bond acceptors (Lipinski definition) is 5. The highest BCUT2D eigenvalue weighted by molar-refractivity contribution is 5.92. The molecule has 116 valence electrons. The molecule has 6 heteroatoms. The molecule has 1 fully saturated rings. The van der Waals surface area contributed by atoms with Crippen molar-refractivity contribution in [2.75, 3.05) is 44.8 Å². The lowest BCUT2D eigenvalue weighted by molar-refractivity contribution is -0.120. The van der Waals surface area contributed by atoms with Gasteiger partial charge in [-0.05, 0) is 31.2 Å². The van der Waals surface area contributed by atoms with Crippen molar-refractivity contribution in [2.24, 2.45) is 0 Å². The summed E-state index contributed by atoms with van der Waals surface area (Å²) in [7, 11) is 0. The lowest BCUT2D eigenvalue weighted by atomic mass is 10.2. The smallest absolute Gasteiger partial charge is 0.238 e. The van der Waals surface area contributed by atoms with E-state index >= 15 is 0 Å². The van der Waals surface area contributed by atoms with Gasteiger partial charge in [-0.1, -0.05) is 0 Å². The topological polar surface area (TPSA) is 71.0 Å². The monoisotopic (exact) mass is 294 g/mol. The molecule has 21 heavy (non-hydrogen) atoms. The van der Waals surface area contributed by atoms with E-state index in [-0.39, 0.29) is 18.6 Å². The van der Waals surface area contributed by atoms with Crippen molar-refractivity contribution >= 4 is 11.6 Å². The molecule has 1 aliphatic heterocycles. The van der Waals surface area contributed by atoms with Gasteiger partial charge in [0.1, 0.15) is 5.75 Å². The zero-order valence-corrected chi connectivity index (χ0v) is 12.2. The van der Waals surface area contributed by atoms with Gasteiger partial charge in [0.2, 0.25) is 5.91 Å². The number of carbonyl (C=O) groups is 1. The van der Waals surface area contributed by atoms with E-state index in [1.54, 1.807) is 0 Å². The molecule has 0 radical (unpaired) electrons. The molecule has 0 bridgehead atoms. The van der Waals surface area contributed by atoms with Crippen LogP contribution < -0.4 is 10.1 Å². The highest BCUT2D eigenvalue weighted by atomic mass is 16.5. The lowest BCUT2D eigenvalue weighted by Crippen LogP contribution is -2.46. The predicted molar refractivity (Wildman–Crippen MR) is 79.5 cm³/mol. The third kappa shape index (κ3) is 5.00. The second-order valence-corrected chi connectivity index (χ2v) is 4.92. The van der Waals surface area contributed by atoms with Crippen molar-refractivity contribution < 1.29 is 19.4 Å². The molecule has 2 N–H and O–H groups in total. The summed E-state index contributed by atoms with van der Waals surface area (Å²) in [5.74, 6) is 0.715. The molecule has 0 aromatic heterocycles. The summed E-state index contributed by atoms with van der Waals surface area (Å²) in [5, 5.41) is 11.9. The number of hydrogen-bond donors (Lipinski definition) is 2. The molecule has 1 unspecified atom stereocenters. The second kappa shape index (κ2) is 7.97. The van der Waals surface area contributed by atoms with Crippen molar-refractivity contribution in [3.8, 4) is 5.75 Å². The van der Waals surface area contributed by atoms with Gasteiger partial charge in [-0.25, -0.2) is 0 Å². The Bertz CT molecular complexity index is 449. The maximum Gasteiger partial charge on any atom is 0.238 e. The molecule has 6 nitrogen and oxygen atoms in total. The SMILES string of the molecule is CCOc1ccc(NC(=O)CN2CCOC(CO)C2)cc1. The van der Waals surface area contributed by atoms with Gasteiger partial charge >= 0.3 is 0 Å². The Labute approximate surface area is 124 Å². The van der Waals surface area contributed by atoms with Crippen molar-refractivity contribution in [1.82, 2.24) is 4.90 Å². The minimum absolute atomic E-state index is 0.0169. The highest BCUT2D eigenvalue weighted by Crippen LogP contribution is 2.15. The first-order valence-corrected chi connectivity index (χ1v) is 7.18. The molecule has 1 saturated heterocycles. The average Bonchev–Trinajstić information content (AvgIpc) is 2.49. The number of anilines is 1. The molecule has 1 heterocycles.